The minimum Gasteiger partial charge on any atom is -0.444 e. The van der Waals surface area contributed by atoms with Crippen LogP contribution in [-0.4, -0.2) is 18.0 Å². The lowest BCUT2D eigenvalue weighted by atomic mass is 10.1. The molecule has 0 aliphatic carbocycles. The maximum absolute atomic E-state index is 11.6. The molecule has 1 unspecified atom stereocenters. The van der Waals surface area contributed by atoms with E-state index >= 15 is 0 Å². The van der Waals surface area contributed by atoms with Crippen LogP contribution in [0.2, 0.25) is 10.0 Å². The van der Waals surface area contributed by atoms with E-state index in [0.717, 1.165) is 0 Å². The zero-order chi connectivity index (χ0) is 14.6. The summed E-state index contributed by atoms with van der Waals surface area (Å²) in [6.07, 6.45) is -0.155. The number of alkyl carbamates (subject to hydrolysis) is 1. The van der Waals surface area contributed by atoms with E-state index in [-0.39, 0.29) is 0 Å². The highest BCUT2D eigenvalue weighted by atomic mass is 35.5. The Morgan fingerprint density at radius 3 is 2.26 bits per heavy atom. The molecular weight excluding hydrogens is 289 g/mol. The van der Waals surface area contributed by atoms with Crippen LogP contribution in [0.5, 0.6) is 0 Å². The molecule has 4 nitrogen and oxygen atoms in total. The largest absolute Gasteiger partial charge is 0.444 e. The average molecular weight is 304 g/mol. The van der Waals surface area contributed by atoms with Crippen LogP contribution >= 0.6 is 23.2 Å². The summed E-state index contributed by atoms with van der Waals surface area (Å²) >= 11 is 12.0. The number of nitrogens with one attached hydrogen (secondary N) is 1. The molecule has 0 saturated carbocycles. The van der Waals surface area contributed by atoms with Crippen LogP contribution in [0.15, 0.2) is 18.2 Å². The SMILES string of the molecule is CC(C)(C)OC(=O)NC(C=O)c1c(Cl)cccc1Cl. The van der Waals surface area contributed by atoms with Crippen LogP contribution in [0.1, 0.15) is 32.4 Å². The molecule has 1 amide bonds. The lowest BCUT2D eigenvalue weighted by Crippen LogP contribution is -2.35. The number of amides is 1. The number of ether oxygens (including phenoxy) is 1. The van der Waals surface area contributed by atoms with E-state index in [2.05, 4.69) is 5.32 Å². The molecule has 0 spiro atoms. The van der Waals surface area contributed by atoms with E-state index in [1.807, 2.05) is 0 Å². The number of rotatable bonds is 3. The van der Waals surface area contributed by atoms with Gasteiger partial charge < -0.3 is 14.8 Å². The third-order valence-corrected chi connectivity index (χ3v) is 2.78. The molecule has 1 N–H and O–H groups in total. The second-order valence-corrected chi connectivity index (χ2v) is 5.71. The highest BCUT2D eigenvalue weighted by molar-refractivity contribution is 6.36. The molecule has 0 aliphatic rings. The van der Waals surface area contributed by atoms with Gasteiger partial charge in [0, 0.05) is 15.6 Å². The fourth-order valence-electron chi connectivity index (χ4n) is 1.42. The molecule has 0 bridgehead atoms. The van der Waals surface area contributed by atoms with Gasteiger partial charge in [0.15, 0.2) is 0 Å². The van der Waals surface area contributed by atoms with Gasteiger partial charge in [-0.05, 0) is 32.9 Å². The van der Waals surface area contributed by atoms with Crippen molar-refractivity contribution in [1.29, 1.82) is 0 Å². The van der Waals surface area contributed by atoms with Crippen molar-refractivity contribution in [2.45, 2.75) is 32.4 Å². The van der Waals surface area contributed by atoms with Gasteiger partial charge in [-0.2, -0.15) is 0 Å². The van der Waals surface area contributed by atoms with E-state index < -0.39 is 17.7 Å². The van der Waals surface area contributed by atoms with Crippen molar-refractivity contribution in [2.75, 3.05) is 0 Å². The Labute approximate surface area is 122 Å². The second-order valence-electron chi connectivity index (χ2n) is 4.90. The first-order chi connectivity index (χ1) is 8.74. The Balaban J connectivity index is 2.91. The number of carbonyl (C=O) groups excluding carboxylic acids is 2. The van der Waals surface area contributed by atoms with Gasteiger partial charge in [0.1, 0.15) is 17.9 Å². The van der Waals surface area contributed by atoms with Crippen molar-refractivity contribution in [3.05, 3.63) is 33.8 Å². The van der Waals surface area contributed by atoms with E-state index in [1.165, 1.54) is 0 Å². The molecule has 0 saturated heterocycles. The van der Waals surface area contributed by atoms with Gasteiger partial charge in [-0.1, -0.05) is 29.3 Å². The van der Waals surface area contributed by atoms with Crippen LogP contribution in [0.4, 0.5) is 4.79 Å². The van der Waals surface area contributed by atoms with Gasteiger partial charge in [-0.3, -0.25) is 0 Å². The van der Waals surface area contributed by atoms with Gasteiger partial charge in [0.05, 0.1) is 0 Å². The Hall–Kier alpha value is -1.26. The number of aldehydes is 1. The van der Waals surface area contributed by atoms with Gasteiger partial charge in [0.2, 0.25) is 0 Å². The third kappa shape index (κ3) is 4.73. The molecule has 19 heavy (non-hydrogen) atoms. The highest BCUT2D eigenvalue weighted by Gasteiger charge is 2.23. The van der Waals surface area contributed by atoms with Crippen LogP contribution in [-0.2, 0) is 9.53 Å². The van der Waals surface area contributed by atoms with E-state index in [1.54, 1.807) is 39.0 Å². The Bertz CT molecular complexity index is 463. The quantitative estimate of drug-likeness (QED) is 0.865. The van der Waals surface area contributed by atoms with Crippen LogP contribution in [0.3, 0.4) is 0 Å². The molecule has 1 aromatic carbocycles. The molecule has 0 radical (unpaired) electrons. The topological polar surface area (TPSA) is 55.4 Å². The van der Waals surface area contributed by atoms with Crippen molar-refractivity contribution in [3.8, 4) is 0 Å². The van der Waals surface area contributed by atoms with Crippen molar-refractivity contribution < 1.29 is 14.3 Å². The summed E-state index contributed by atoms with van der Waals surface area (Å²) in [6, 6.07) is 3.89. The summed E-state index contributed by atoms with van der Waals surface area (Å²) < 4.78 is 5.08. The number of hydrogen-bond acceptors (Lipinski definition) is 3. The first kappa shape index (κ1) is 15.8. The lowest BCUT2D eigenvalue weighted by Gasteiger charge is -2.22. The van der Waals surface area contributed by atoms with Gasteiger partial charge in [-0.25, -0.2) is 4.79 Å². The van der Waals surface area contributed by atoms with Gasteiger partial charge in [0.25, 0.3) is 0 Å². The minimum absolute atomic E-state index is 0.306. The van der Waals surface area contributed by atoms with Crippen molar-refractivity contribution in [1.82, 2.24) is 5.32 Å². The maximum atomic E-state index is 11.6. The Morgan fingerprint density at radius 1 is 1.32 bits per heavy atom. The number of carbonyl (C=O) groups is 2. The van der Waals surface area contributed by atoms with Gasteiger partial charge >= 0.3 is 6.09 Å². The minimum atomic E-state index is -0.948. The van der Waals surface area contributed by atoms with Gasteiger partial charge in [-0.15, -0.1) is 0 Å². The predicted octanol–water partition coefficient (Wildman–Crippen LogP) is 3.76. The zero-order valence-corrected chi connectivity index (χ0v) is 12.4. The Kier molecular flexibility index (Phi) is 5.20. The summed E-state index contributed by atoms with van der Waals surface area (Å²) in [6.45, 7) is 5.18. The molecule has 0 fully saturated rings. The second kappa shape index (κ2) is 6.26. The van der Waals surface area contributed by atoms with Crippen molar-refractivity contribution >= 4 is 35.6 Å². The molecule has 0 aliphatic heterocycles. The standard InChI is InChI=1S/C13H15Cl2NO3/c1-13(2,3)19-12(18)16-10(7-17)11-8(14)5-4-6-9(11)15/h4-7,10H,1-3H3,(H,16,18). The van der Waals surface area contributed by atoms with E-state index in [0.29, 0.717) is 21.9 Å². The monoisotopic (exact) mass is 303 g/mol. The molecule has 1 rings (SSSR count). The van der Waals surface area contributed by atoms with Crippen LogP contribution < -0.4 is 5.32 Å². The third-order valence-electron chi connectivity index (χ3n) is 2.12. The Morgan fingerprint density at radius 2 is 1.84 bits per heavy atom. The number of hydrogen-bond donors (Lipinski definition) is 1. The lowest BCUT2D eigenvalue weighted by molar-refractivity contribution is -0.109. The normalized spacial score (nSPS) is 12.7. The first-order valence-electron chi connectivity index (χ1n) is 5.63. The van der Waals surface area contributed by atoms with Crippen molar-refractivity contribution in [3.63, 3.8) is 0 Å². The molecule has 1 atom stereocenters. The summed E-state index contributed by atoms with van der Waals surface area (Å²) in [5, 5.41) is 3.04. The molecular formula is C13H15Cl2NO3. The van der Waals surface area contributed by atoms with Crippen LogP contribution in [0.25, 0.3) is 0 Å². The van der Waals surface area contributed by atoms with Crippen molar-refractivity contribution in [2.24, 2.45) is 0 Å². The molecule has 0 heterocycles. The number of halogens is 2. The predicted molar refractivity (Wildman–Crippen MR) is 74.6 cm³/mol. The molecule has 1 aromatic rings. The fourth-order valence-corrected chi connectivity index (χ4v) is 2.05. The molecule has 0 aromatic heterocycles. The molecule has 104 valence electrons. The smallest absolute Gasteiger partial charge is 0.408 e. The maximum Gasteiger partial charge on any atom is 0.408 e. The average Bonchev–Trinajstić information content (AvgIpc) is 2.24. The summed E-state index contributed by atoms with van der Waals surface area (Å²) in [5.41, 5.74) is -0.298. The van der Waals surface area contributed by atoms with E-state index in [9.17, 15) is 9.59 Å². The van der Waals surface area contributed by atoms with Crippen LogP contribution in [0, 0.1) is 0 Å². The summed E-state index contributed by atoms with van der Waals surface area (Å²) in [7, 11) is 0. The molecule has 6 heteroatoms. The number of benzene rings is 1. The zero-order valence-electron chi connectivity index (χ0n) is 10.9. The first-order valence-corrected chi connectivity index (χ1v) is 6.39. The fraction of sp³-hybridized carbons (Fsp3) is 0.385. The highest BCUT2D eigenvalue weighted by Crippen LogP contribution is 2.29. The summed E-state index contributed by atoms with van der Waals surface area (Å²) in [4.78, 5) is 22.8. The summed E-state index contributed by atoms with van der Waals surface area (Å²) in [5.74, 6) is 0. The van der Waals surface area contributed by atoms with E-state index in [4.69, 9.17) is 27.9 Å².